The molecule has 4 nitrogen and oxygen atoms in total. The van der Waals surface area contributed by atoms with Gasteiger partial charge in [0.1, 0.15) is 0 Å². The standard InChI is InChI=1S/C14H22N2O2/c1-4-14(11(2)3)15-10-9-12-5-7-13(8-6-12)16(17)18/h5-8,11,14-15H,4,9-10H2,1-3H3. The van der Waals surface area contributed by atoms with Crippen molar-refractivity contribution in [1.82, 2.24) is 5.32 Å². The van der Waals surface area contributed by atoms with Gasteiger partial charge >= 0.3 is 0 Å². The van der Waals surface area contributed by atoms with Crippen LogP contribution in [0.4, 0.5) is 5.69 Å². The minimum absolute atomic E-state index is 0.153. The van der Waals surface area contributed by atoms with Crippen LogP contribution in [-0.4, -0.2) is 17.5 Å². The highest BCUT2D eigenvalue weighted by molar-refractivity contribution is 5.32. The monoisotopic (exact) mass is 250 g/mol. The molecule has 100 valence electrons. The largest absolute Gasteiger partial charge is 0.313 e. The molecule has 0 spiro atoms. The second-order valence-corrected chi connectivity index (χ2v) is 4.89. The molecule has 1 atom stereocenters. The summed E-state index contributed by atoms with van der Waals surface area (Å²) < 4.78 is 0. The van der Waals surface area contributed by atoms with Gasteiger partial charge in [-0.25, -0.2) is 0 Å². The van der Waals surface area contributed by atoms with E-state index >= 15 is 0 Å². The predicted octanol–water partition coefficient (Wildman–Crippen LogP) is 3.16. The first-order valence-electron chi connectivity index (χ1n) is 6.51. The fourth-order valence-electron chi connectivity index (χ4n) is 2.04. The molecule has 0 amide bonds. The summed E-state index contributed by atoms with van der Waals surface area (Å²) in [6.45, 7) is 7.53. The van der Waals surface area contributed by atoms with Gasteiger partial charge in [0.15, 0.2) is 0 Å². The molecule has 0 saturated carbocycles. The molecule has 1 aromatic carbocycles. The molecule has 1 rings (SSSR count). The number of nitrogens with zero attached hydrogens (tertiary/aromatic N) is 1. The third-order valence-electron chi connectivity index (χ3n) is 3.21. The van der Waals surface area contributed by atoms with Crippen molar-refractivity contribution in [3.8, 4) is 0 Å². The average Bonchev–Trinajstić information content (AvgIpc) is 2.34. The van der Waals surface area contributed by atoms with Gasteiger partial charge in [-0.15, -0.1) is 0 Å². The smallest absolute Gasteiger partial charge is 0.269 e. The van der Waals surface area contributed by atoms with E-state index in [0.29, 0.717) is 12.0 Å². The van der Waals surface area contributed by atoms with Crippen LogP contribution in [0.1, 0.15) is 32.8 Å². The van der Waals surface area contributed by atoms with Crippen LogP contribution >= 0.6 is 0 Å². The summed E-state index contributed by atoms with van der Waals surface area (Å²) in [5, 5.41) is 14.0. The second kappa shape index (κ2) is 7.11. The van der Waals surface area contributed by atoms with Crippen molar-refractivity contribution in [2.24, 2.45) is 5.92 Å². The van der Waals surface area contributed by atoms with Crippen LogP contribution in [0.25, 0.3) is 0 Å². The predicted molar refractivity (Wildman–Crippen MR) is 73.7 cm³/mol. The number of non-ortho nitro benzene ring substituents is 1. The Balaban J connectivity index is 2.42. The van der Waals surface area contributed by atoms with E-state index in [0.717, 1.165) is 24.9 Å². The fourth-order valence-corrected chi connectivity index (χ4v) is 2.04. The van der Waals surface area contributed by atoms with Gasteiger partial charge in [-0.1, -0.05) is 32.9 Å². The van der Waals surface area contributed by atoms with Crippen molar-refractivity contribution in [3.05, 3.63) is 39.9 Å². The van der Waals surface area contributed by atoms with E-state index in [4.69, 9.17) is 0 Å². The molecule has 0 aliphatic heterocycles. The third-order valence-corrected chi connectivity index (χ3v) is 3.21. The molecule has 0 heterocycles. The Morgan fingerprint density at radius 2 is 1.89 bits per heavy atom. The van der Waals surface area contributed by atoms with E-state index in [1.807, 2.05) is 12.1 Å². The maximum absolute atomic E-state index is 10.5. The van der Waals surface area contributed by atoms with Crippen LogP contribution in [0.15, 0.2) is 24.3 Å². The normalized spacial score (nSPS) is 12.7. The van der Waals surface area contributed by atoms with E-state index in [1.165, 1.54) is 0 Å². The van der Waals surface area contributed by atoms with Crippen molar-refractivity contribution in [2.75, 3.05) is 6.54 Å². The number of nitro groups is 1. The summed E-state index contributed by atoms with van der Waals surface area (Å²) in [5.41, 5.74) is 1.28. The Kier molecular flexibility index (Phi) is 5.78. The van der Waals surface area contributed by atoms with Crippen molar-refractivity contribution in [2.45, 2.75) is 39.7 Å². The first-order valence-corrected chi connectivity index (χ1v) is 6.51. The molecule has 0 saturated heterocycles. The van der Waals surface area contributed by atoms with Crippen LogP contribution in [-0.2, 0) is 6.42 Å². The van der Waals surface area contributed by atoms with Crippen LogP contribution in [0.5, 0.6) is 0 Å². The van der Waals surface area contributed by atoms with Gasteiger partial charge in [0.2, 0.25) is 0 Å². The Labute approximate surface area is 109 Å². The molecular formula is C14H22N2O2. The zero-order valence-corrected chi connectivity index (χ0v) is 11.3. The van der Waals surface area contributed by atoms with Crippen LogP contribution in [0.2, 0.25) is 0 Å². The highest BCUT2D eigenvalue weighted by Gasteiger charge is 2.09. The summed E-state index contributed by atoms with van der Waals surface area (Å²) in [6.07, 6.45) is 2.03. The lowest BCUT2D eigenvalue weighted by molar-refractivity contribution is -0.384. The number of benzene rings is 1. The topological polar surface area (TPSA) is 55.2 Å². The molecule has 4 heteroatoms. The molecule has 0 radical (unpaired) electrons. The third kappa shape index (κ3) is 4.45. The molecule has 0 aliphatic rings. The van der Waals surface area contributed by atoms with E-state index in [2.05, 4.69) is 26.1 Å². The van der Waals surface area contributed by atoms with E-state index in [1.54, 1.807) is 12.1 Å². The lowest BCUT2D eigenvalue weighted by Gasteiger charge is -2.20. The molecule has 0 fully saturated rings. The lowest BCUT2D eigenvalue weighted by Crippen LogP contribution is -2.34. The summed E-state index contributed by atoms with van der Waals surface area (Å²) in [6, 6.07) is 7.33. The first kappa shape index (κ1) is 14.6. The van der Waals surface area contributed by atoms with Crippen LogP contribution < -0.4 is 5.32 Å². The summed E-state index contributed by atoms with van der Waals surface area (Å²) in [7, 11) is 0. The minimum Gasteiger partial charge on any atom is -0.313 e. The molecular weight excluding hydrogens is 228 g/mol. The number of hydrogen-bond donors (Lipinski definition) is 1. The van der Waals surface area contributed by atoms with Gasteiger partial charge in [-0.3, -0.25) is 10.1 Å². The van der Waals surface area contributed by atoms with Gasteiger partial charge in [0.25, 0.3) is 5.69 Å². The number of hydrogen-bond acceptors (Lipinski definition) is 3. The molecule has 0 bridgehead atoms. The molecule has 0 aliphatic carbocycles. The maximum Gasteiger partial charge on any atom is 0.269 e. The van der Waals surface area contributed by atoms with Gasteiger partial charge in [-0.2, -0.15) is 0 Å². The Hall–Kier alpha value is -1.42. The van der Waals surface area contributed by atoms with Crippen molar-refractivity contribution in [3.63, 3.8) is 0 Å². The van der Waals surface area contributed by atoms with Crippen molar-refractivity contribution >= 4 is 5.69 Å². The second-order valence-electron chi connectivity index (χ2n) is 4.89. The Morgan fingerprint density at radius 1 is 1.28 bits per heavy atom. The van der Waals surface area contributed by atoms with E-state index in [9.17, 15) is 10.1 Å². The Bertz CT molecular complexity index is 374. The van der Waals surface area contributed by atoms with Gasteiger partial charge in [0, 0.05) is 18.2 Å². The maximum atomic E-state index is 10.5. The highest BCUT2D eigenvalue weighted by Crippen LogP contribution is 2.12. The van der Waals surface area contributed by atoms with E-state index in [-0.39, 0.29) is 10.6 Å². The van der Waals surface area contributed by atoms with Gasteiger partial charge in [-0.05, 0) is 30.9 Å². The SMILES string of the molecule is CCC(NCCc1ccc([N+](=O)[O-])cc1)C(C)C. The van der Waals surface area contributed by atoms with Crippen LogP contribution in [0.3, 0.4) is 0 Å². The minimum atomic E-state index is -0.367. The molecule has 1 aromatic rings. The van der Waals surface area contributed by atoms with Gasteiger partial charge in [0.05, 0.1) is 4.92 Å². The average molecular weight is 250 g/mol. The lowest BCUT2D eigenvalue weighted by atomic mass is 10.0. The highest BCUT2D eigenvalue weighted by atomic mass is 16.6. The molecule has 18 heavy (non-hydrogen) atoms. The molecule has 1 unspecified atom stereocenters. The number of rotatable bonds is 7. The van der Waals surface area contributed by atoms with Crippen LogP contribution in [0, 0.1) is 16.0 Å². The number of nitro benzene ring substituents is 1. The number of nitrogens with one attached hydrogen (secondary N) is 1. The van der Waals surface area contributed by atoms with Crippen molar-refractivity contribution < 1.29 is 4.92 Å². The van der Waals surface area contributed by atoms with E-state index < -0.39 is 0 Å². The summed E-state index contributed by atoms with van der Waals surface area (Å²) in [5.74, 6) is 0.631. The first-order chi connectivity index (χ1) is 8.54. The summed E-state index contributed by atoms with van der Waals surface area (Å²) in [4.78, 5) is 10.2. The fraction of sp³-hybridized carbons (Fsp3) is 0.571. The Morgan fingerprint density at radius 3 is 2.33 bits per heavy atom. The zero-order valence-electron chi connectivity index (χ0n) is 11.3. The van der Waals surface area contributed by atoms with Crippen molar-refractivity contribution in [1.29, 1.82) is 0 Å². The zero-order chi connectivity index (χ0) is 13.5. The quantitative estimate of drug-likeness (QED) is 0.597. The van der Waals surface area contributed by atoms with Gasteiger partial charge < -0.3 is 5.32 Å². The molecule has 1 N–H and O–H groups in total. The molecule has 0 aromatic heterocycles. The summed E-state index contributed by atoms with van der Waals surface area (Å²) >= 11 is 0.